The Bertz CT molecular complexity index is 694. The van der Waals surface area contributed by atoms with Crippen molar-refractivity contribution < 1.29 is 0 Å². The molecule has 3 rings (SSSR count). The van der Waals surface area contributed by atoms with E-state index in [9.17, 15) is 0 Å². The second-order valence-electron chi connectivity index (χ2n) is 3.73. The molecule has 0 aliphatic rings. The standard InChI is InChI=1S/C13H9ClN4/c14-11-7-15-8-12(18-11)17-10-5-1-3-9-4-2-6-16-13(9)10/h1-8H,(H,17,18). The highest BCUT2D eigenvalue weighted by molar-refractivity contribution is 6.29. The van der Waals surface area contributed by atoms with Crippen LogP contribution in [0.2, 0.25) is 5.15 Å². The van der Waals surface area contributed by atoms with Gasteiger partial charge in [-0.05, 0) is 12.1 Å². The molecule has 0 bridgehead atoms. The summed E-state index contributed by atoms with van der Waals surface area (Å²) >= 11 is 5.80. The van der Waals surface area contributed by atoms with Crippen LogP contribution in [0.5, 0.6) is 0 Å². The molecule has 5 heteroatoms. The summed E-state index contributed by atoms with van der Waals surface area (Å²) in [4.78, 5) is 12.5. The van der Waals surface area contributed by atoms with Gasteiger partial charge in [0.25, 0.3) is 0 Å². The predicted molar refractivity (Wildman–Crippen MR) is 72.1 cm³/mol. The number of aromatic nitrogens is 3. The molecule has 0 atom stereocenters. The lowest BCUT2D eigenvalue weighted by Crippen LogP contribution is -1.96. The molecule has 0 saturated heterocycles. The normalized spacial score (nSPS) is 10.5. The Morgan fingerprint density at radius 1 is 1.06 bits per heavy atom. The summed E-state index contributed by atoms with van der Waals surface area (Å²) in [5.41, 5.74) is 1.77. The zero-order valence-corrected chi connectivity index (χ0v) is 10.1. The molecule has 0 aliphatic carbocycles. The van der Waals surface area contributed by atoms with E-state index in [-0.39, 0.29) is 0 Å². The number of rotatable bonds is 2. The van der Waals surface area contributed by atoms with Gasteiger partial charge in [0.15, 0.2) is 5.82 Å². The minimum atomic E-state index is 0.355. The number of hydrogen-bond donors (Lipinski definition) is 1. The number of hydrogen-bond acceptors (Lipinski definition) is 4. The third-order valence-electron chi connectivity index (χ3n) is 2.50. The van der Waals surface area contributed by atoms with Crippen molar-refractivity contribution in [3.8, 4) is 0 Å². The summed E-state index contributed by atoms with van der Waals surface area (Å²) in [5.74, 6) is 0.598. The van der Waals surface area contributed by atoms with Crippen LogP contribution in [0.15, 0.2) is 48.9 Å². The Morgan fingerprint density at radius 2 is 1.94 bits per heavy atom. The topological polar surface area (TPSA) is 50.7 Å². The highest BCUT2D eigenvalue weighted by Gasteiger charge is 2.03. The SMILES string of the molecule is Clc1cncc(Nc2cccc3cccnc23)n1. The van der Waals surface area contributed by atoms with E-state index in [2.05, 4.69) is 20.3 Å². The number of fused-ring (bicyclic) bond motifs is 1. The quantitative estimate of drug-likeness (QED) is 0.763. The van der Waals surface area contributed by atoms with Crippen molar-refractivity contribution in [3.05, 3.63) is 54.1 Å². The molecule has 0 unspecified atom stereocenters. The van der Waals surface area contributed by atoms with Crippen molar-refractivity contribution in [1.29, 1.82) is 0 Å². The molecule has 0 radical (unpaired) electrons. The maximum Gasteiger partial charge on any atom is 0.150 e. The van der Waals surface area contributed by atoms with Gasteiger partial charge in [0.2, 0.25) is 0 Å². The van der Waals surface area contributed by atoms with Crippen molar-refractivity contribution in [1.82, 2.24) is 15.0 Å². The van der Waals surface area contributed by atoms with Crippen molar-refractivity contribution in [2.45, 2.75) is 0 Å². The van der Waals surface area contributed by atoms with Gasteiger partial charge in [0.1, 0.15) is 5.15 Å². The minimum absolute atomic E-state index is 0.355. The molecule has 1 N–H and O–H groups in total. The molecule has 4 nitrogen and oxygen atoms in total. The van der Waals surface area contributed by atoms with Crippen molar-refractivity contribution in [2.75, 3.05) is 5.32 Å². The van der Waals surface area contributed by atoms with Gasteiger partial charge in [-0.3, -0.25) is 9.97 Å². The number of anilines is 2. The van der Waals surface area contributed by atoms with E-state index in [1.54, 1.807) is 12.4 Å². The van der Waals surface area contributed by atoms with E-state index in [4.69, 9.17) is 11.6 Å². The Labute approximate surface area is 109 Å². The van der Waals surface area contributed by atoms with Gasteiger partial charge in [-0.2, -0.15) is 0 Å². The smallest absolute Gasteiger partial charge is 0.150 e. The van der Waals surface area contributed by atoms with Gasteiger partial charge >= 0.3 is 0 Å². The first-order valence-electron chi connectivity index (χ1n) is 5.41. The van der Waals surface area contributed by atoms with Crippen LogP contribution < -0.4 is 5.32 Å². The number of pyridine rings is 1. The summed E-state index contributed by atoms with van der Waals surface area (Å²) in [6.45, 7) is 0. The molecular weight excluding hydrogens is 248 g/mol. The van der Waals surface area contributed by atoms with Crippen molar-refractivity contribution >= 4 is 34.0 Å². The van der Waals surface area contributed by atoms with E-state index in [1.165, 1.54) is 6.20 Å². The van der Waals surface area contributed by atoms with E-state index in [1.807, 2.05) is 30.3 Å². The summed E-state index contributed by atoms with van der Waals surface area (Å²) in [6, 6.07) is 9.84. The maximum atomic E-state index is 5.80. The number of nitrogens with one attached hydrogen (secondary N) is 1. The lowest BCUT2D eigenvalue weighted by atomic mass is 10.2. The molecule has 0 aliphatic heterocycles. The van der Waals surface area contributed by atoms with E-state index >= 15 is 0 Å². The van der Waals surface area contributed by atoms with Crippen LogP contribution in [0.4, 0.5) is 11.5 Å². The second-order valence-corrected chi connectivity index (χ2v) is 4.12. The molecule has 18 heavy (non-hydrogen) atoms. The molecule has 1 aromatic carbocycles. The second kappa shape index (κ2) is 4.58. The van der Waals surface area contributed by atoms with Crippen LogP contribution in [0, 0.1) is 0 Å². The van der Waals surface area contributed by atoms with Gasteiger partial charge < -0.3 is 5.32 Å². The first-order chi connectivity index (χ1) is 8.83. The monoisotopic (exact) mass is 256 g/mol. The van der Waals surface area contributed by atoms with Crippen molar-refractivity contribution in [2.24, 2.45) is 0 Å². The number of halogens is 1. The molecular formula is C13H9ClN4. The average Bonchev–Trinajstić information content (AvgIpc) is 2.39. The molecule has 88 valence electrons. The third-order valence-corrected chi connectivity index (χ3v) is 2.68. The fourth-order valence-corrected chi connectivity index (χ4v) is 1.89. The fraction of sp³-hybridized carbons (Fsp3) is 0. The van der Waals surface area contributed by atoms with Crippen LogP contribution in [0.3, 0.4) is 0 Å². The van der Waals surface area contributed by atoms with Crippen LogP contribution >= 0.6 is 11.6 Å². The summed E-state index contributed by atoms with van der Waals surface area (Å²) < 4.78 is 0. The fourth-order valence-electron chi connectivity index (χ4n) is 1.75. The summed E-state index contributed by atoms with van der Waals surface area (Å²) in [5, 5.41) is 4.59. The van der Waals surface area contributed by atoms with Crippen molar-refractivity contribution in [3.63, 3.8) is 0 Å². The Morgan fingerprint density at radius 3 is 2.83 bits per heavy atom. The lowest BCUT2D eigenvalue weighted by Gasteiger charge is -2.07. The first kappa shape index (κ1) is 10.9. The van der Waals surface area contributed by atoms with Gasteiger partial charge in [0, 0.05) is 11.6 Å². The van der Waals surface area contributed by atoms with E-state index in [0.29, 0.717) is 11.0 Å². The van der Waals surface area contributed by atoms with Gasteiger partial charge in [-0.15, -0.1) is 0 Å². The van der Waals surface area contributed by atoms with Gasteiger partial charge in [0.05, 0.1) is 23.6 Å². The van der Waals surface area contributed by atoms with E-state index < -0.39 is 0 Å². The Hall–Kier alpha value is -2.20. The minimum Gasteiger partial charge on any atom is -0.337 e. The number of benzene rings is 1. The summed E-state index contributed by atoms with van der Waals surface area (Å²) in [7, 11) is 0. The highest BCUT2D eigenvalue weighted by atomic mass is 35.5. The molecule has 0 spiro atoms. The lowest BCUT2D eigenvalue weighted by molar-refractivity contribution is 1.20. The Kier molecular flexibility index (Phi) is 2.78. The number of nitrogens with zero attached hydrogens (tertiary/aromatic N) is 3. The zero-order chi connectivity index (χ0) is 12.4. The van der Waals surface area contributed by atoms with E-state index in [0.717, 1.165) is 16.6 Å². The zero-order valence-electron chi connectivity index (χ0n) is 9.34. The maximum absolute atomic E-state index is 5.80. The molecule has 3 aromatic rings. The molecule has 0 saturated carbocycles. The molecule has 2 heterocycles. The highest BCUT2D eigenvalue weighted by Crippen LogP contribution is 2.23. The predicted octanol–water partition coefficient (Wildman–Crippen LogP) is 3.42. The molecule has 0 amide bonds. The van der Waals surface area contributed by atoms with Gasteiger partial charge in [-0.25, -0.2) is 4.98 Å². The van der Waals surface area contributed by atoms with Crippen LogP contribution in [0.25, 0.3) is 10.9 Å². The molecule has 0 fully saturated rings. The largest absolute Gasteiger partial charge is 0.337 e. The Balaban J connectivity index is 2.05. The first-order valence-corrected chi connectivity index (χ1v) is 5.79. The van der Waals surface area contributed by atoms with Crippen LogP contribution in [0.1, 0.15) is 0 Å². The molecule has 2 aromatic heterocycles. The van der Waals surface area contributed by atoms with Gasteiger partial charge in [-0.1, -0.05) is 29.8 Å². The third kappa shape index (κ3) is 2.10. The average molecular weight is 257 g/mol. The summed E-state index contributed by atoms with van der Waals surface area (Å²) in [6.07, 6.45) is 4.87. The number of para-hydroxylation sites is 1. The van der Waals surface area contributed by atoms with Crippen LogP contribution in [-0.2, 0) is 0 Å². The van der Waals surface area contributed by atoms with Crippen LogP contribution in [-0.4, -0.2) is 15.0 Å².